The molecule has 0 radical (unpaired) electrons. The standard InChI is InChI=1S/C31H29NO4/c33-30(36-19-29-27-11-5-3-9-25(27)26-10-4-6-12-28(26)29)32-23-15-31(34,16-24(32)18-35-17-23)22-13-20-7-1-2-8-21(20)14-22/h1-13,23-24,29,34H,14-19H2. The number of rotatable bonds is 3. The van der Waals surface area contributed by atoms with E-state index < -0.39 is 5.60 Å². The van der Waals surface area contributed by atoms with Crippen LogP contribution in [0.4, 0.5) is 4.79 Å². The number of amides is 1. The van der Waals surface area contributed by atoms with Crippen molar-refractivity contribution in [3.05, 3.63) is 101 Å². The number of morpholine rings is 1. The summed E-state index contributed by atoms with van der Waals surface area (Å²) in [6, 6.07) is 24.6. The van der Waals surface area contributed by atoms with Crippen LogP contribution in [0.3, 0.4) is 0 Å². The number of aliphatic hydroxyl groups is 1. The van der Waals surface area contributed by atoms with Gasteiger partial charge in [-0.1, -0.05) is 78.9 Å². The van der Waals surface area contributed by atoms with E-state index in [0.29, 0.717) is 32.7 Å². The van der Waals surface area contributed by atoms with Crippen molar-refractivity contribution in [2.45, 2.75) is 42.9 Å². The third kappa shape index (κ3) is 3.41. The van der Waals surface area contributed by atoms with Crippen LogP contribution in [0.1, 0.15) is 41.0 Å². The van der Waals surface area contributed by atoms with Gasteiger partial charge in [0.05, 0.1) is 30.9 Å². The molecule has 3 aromatic carbocycles. The van der Waals surface area contributed by atoms with Crippen LogP contribution in [0.5, 0.6) is 0 Å². The third-order valence-electron chi connectivity index (χ3n) is 8.46. The lowest BCUT2D eigenvalue weighted by Crippen LogP contribution is -2.64. The van der Waals surface area contributed by atoms with E-state index in [0.717, 1.165) is 12.0 Å². The van der Waals surface area contributed by atoms with Gasteiger partial charge in [0.1, 0.15) is 6.61 Å². The molecule has 2 aliphatic heterocycles. The fraction of sp³-hybridized carbons (Fsp3) is 0.323. The lowest BCUT2D eigenvalue weighted by molar-refractivity contribution is -0.120. The Kier molecular flexibility index (Phi) is 5.05. The average molecular weight is 480 g/mol. The maximum absolute atomic E-state index is 13.5. The van der Waals surface area contributed by atoms with Crippen LogP contribution >= 0.6 is 0 Å². The molecule has 5 heteroatoms. The van der Waals surface area contributed by atoms with Gasteiger partial charge in [0.2, 0.25) is 0 Å². The molecule has 2 fully saturated rings. The van der Waals surface area contributed by atoms with E-state index in [1.54, 1.807) is 0 Å². The monoisotopic (exact) mass is 479 g/mol. The second kappa shape index (κ2) is 8.32. The molecule has 2 saturated heterocycles. The summed E-state index contributed by atoms with van der Waals surface area (Å²) >= 11 is 0. The number of ether oxygens (including phenoxy) is 2. The number of piperidine rings is 1. The summed E-state index contributed by atoms with van der Waals surface area (Å²) < 4.78 is 11.8. The molecule has 36 heavy (non-hydrogen) atoms. The minimum absolute atomic E-state index is 0.0290. The molecule has 0 saturated carbocycles. The second-order valence-electron chi connectivity index (χ2n) is 10.5. The lowest BCUT2D eigenvalue weighted by Gasteiger charge is -2.51. The first-order chi connectivity index (χ1) is 17.6. The molecule has 1 N–H and O–H groups in total. The number of carbonyl (C=O) groups is 1. The highest BCUT2D eigenvalue weighted by atomic mass is 16.6. The average Bonchev–Trinajstić information content (AvgIpc) is 3.47. The van der Waals surface area contributed by atoms with Gasteiger partial charge < -0.3 is 14.6 Å². The Morgan fingerprint density at radius 2 is 1.53 bits per heavy atom. The fourth-order valence-corrected chi connectivity index (χ4v) is 6.78. The zero-order chi connectivity index (χ0) is 24.3. The molecule has 2 bridgehead atoms. The highest BCUT2D eigenvalue weighted by molar-refractivity contribution is 5.79. The van der Waals surface area contributed by atoms with E-state index in [9.17, 15) is 9.90 Å². The van der Waals surface area contributed by atoms with E-state index >= 15 is 0 Å². The zero-order valence-electron chi connectivity index (χ0n) is 20.1. The molecular weight excluding hydrogens is 450 g/mol. The molecule has 1 amide bonds. The van der Waals surface area contributed by atoms with Gasteiger partial charge in [-0.3, -0.25) is 4.90 Å². The summed E-state index contributed by atoms with van der Waals surface area (Å²) in [4.78, 5) is 15.3. The summed E-state index contributed by atoms with van der Waals surface area (Å²) in [7, 11) is 0. The molecule has 0 aromatic heterocycles. The van der Waals surface area contributed by atoms with Crippen molar-refractivity contribution < 1.29 is 19.4 Å². The van der Waals surface area contributed by atoms with Gasteiger partial charge in [-0.15, -0.1) is 0 Å². The largest absolute Gasteiger partial charge is 0.448 e. The van der Waals surface area contributed by atoms with Gasteiger partial charge in [0.15, 0.2) is 0 Å². The van der Waals surface area contributed by atoms with Crippen molar-refractivity contribution in [1.29, 1.82) is 0 Å². The van der Waals surface area contributed by atoms with E-state index in [4.69, 9.17) is 9.47 Å². The Labute approximate surface area is 211 Å². The van der Waals surface area contributed by atoms with Gasteiger partial charge in [0.25, 0.3) is 0 Å². The number of nitrogens with zero attached hydrogens (tertiary/aromatic N) is 1. The Balaban J connectivity index is 1.09. The summed E-state index contributed by atoms with van der Waals surface area (Å²) in [5.74, 6) is 0.0290. The van der Waals surface area contributed by atoms with Gasteiger partial charge in [0, 0.05) is 18.8 Å². The number of benzene rings is 3. The summed E-state index contributed by atoms with van der Waals surface area (Å²) in [6.07, 6.45) is 3.52. The Morgan fingerprint density at radius 3 is 2.19 bits per heavy atom. The fourth-order valence-electron chi connectivity index (χ4n) is 6.78. The van der Waals surface area contributed by atoms with Crippen molar-refractivity contribution in [3.8, 4) is 11.1 Å². The maximum atomic E-state index is 13.5. The predicted octanol–water partition coefficient (Wildman–Crippen LogP) is 5.17. The smallest absolute Gasteiger partial charge is 0.410 e. The Hall–Kier alpha value is -3.41. The number of fused-ring (bicyclic) bond motifs is 6. The van der Waals surface area contributed by atoms with Crippen LogP contribution in [0, 0.1) is 0 Å². The molecule has 2 unspecified atom stereocenters. The first-order valence-electron chi connectivity index (χ1n) is 12.8. The van der Waals surface area contributed by atoms with Crippen LogP contribution in [0.2, 0.25) is 0 Å². The van der Waals surface area contributed by atoms with E-state index in [1.807, 2.05) is 29.2 Å². The first-order valence-corrected chi connectivity index (χ1v) is 12.8. The highest BCUT2D eigenvalue weighted by Crippen LogP contribution is 2.46. The van der Waals surface area contributed by atoms with Gasteiger partial charge in [-0.2, -0.15) is 0 Å². The second-order valence-corrected chi connectivity index (χ2v) is 10.5. The molecular formula is C31H29NO4. The molecule has 4 aliphatic rings. The normalized spacial score (nSPS) is 26.1. The van der Waals surface area contributed by atoms with Crippen LogP contribution < -0.4 is 0 Å². The molecule has 182 valence electrons. The van der Waals surface area contributed by atoms with E-state index in [-0.39, 0.29) is 24.1 Å². The maximum Gasteiger partial charge on any atom is 0.410 e. The topological polar surface area (TPSA) is 59.0 Å². The number of carbonyl (C=O) groups excluding carboxylic acids is 1. The predicted molar refractivity (Wildman–Crippen MR) is 138 cm³/mol. The number of hydrogen-bond donors (Lipinski definition) is 1. The summed E-state index contributed by atoms with van der Waals surface area (Å²) in [6.45, 7) is 1.14. The van der Waals surface area contributed by atoms with Crippen LogP contribution in [0.25, 0.3) is 17.2 Å². The van der Waals surface area contributed by atoms with Crippen LogP contribution in [-0.4, -0.2) is 53.6 Å². The molecule has 5 nitrogen and oxygen atoms in total. The third-order valence-corrected chi connectivity index (χ3v) is 8.46. The van der Waals surface area contributed by atoms with Crippen LogP contribution in [0.15, 0.2) is 78.4 Å². The Morgan fingerprint density at radius 1 is 0.917 bits per heavy atom. The van der Waals surface area contributed by atoms with Gasteiger partial charge >= 0.3 is 6.09 Å². The van der Waals surface area contributed by atoms with Crippen molar-refractivity contribution in [2.75, 3.05) is 19.8 Å². The van der Waals surface area contributed by atoms with E-state index in [1.165, 1.54) is 33.4 Å². The van der Waals surface area contributed by atoms with Crippen molar-refractivity contribution in [1.82, 2.24) is 4.90 Å². The summed E-state index contributed by atoms with van der Waals surface area (Å²) in [5, 5.41) is 11.8. The molecule has 2 heterocycles. The minimum atomic E-state index is -0.932. The van der Waals surface area contributed by atoms with Crippen molar-refractivity contribution in [2.24, 2.45) is 0 Å². The molecule has 0 spiro atoms. The molecule has 2 aliphatic carbocycles. The molecule has 3 aromatic rings. The van der Waals surface area contributed by atoms with Crippen LogP contribution in [-0.2, 0) is 15.9 Å². The Bertz CT molecular complexity index is 1320. The van der Waals surface area contributed by atoms with Crippen molar-refractivity contribution >= 4 is 12.2 Å². The van der Waals surface area contributed by atoms with E-state index in [2.05, 4.69) is 54.6 Å². The highest BCUT2D eigenvalue weighted by Gasteiger charge is 2.50. The quantitative estimate of drug-likeness (QED) is 0.563. The molecule has 7 rings (SSSR count). The molecule has 2 atom stereocenters. The zero-order valence-corrected chi connectivity index (χ0v) is 20.1. The number of hydrogen-bond acceptors (Lipinski definition) is 4. The summed E-state index contributed by atoms with van der Waals surface area (Å²) in [5.41, 5.74) is 7.39. The first kappa shape index (κ1) is 21.8. The van der Waals surface area contributed by atoms with Gasteiger partial charge in [-0.05, 0) is 45.4 Å². The van der Waals surface area contributed by atoms with Crippen molar-refractivity contribution in [3.63, 3.8) is 0 Å². The lowest BCUT2D eigenvalue weighted by atomic mass is 9.76. The minimum Gasteiger partial charge on any atom is -0.448 e. The SMILES string of the molecule is O=C(OCC1c2ccccc2-c2ccccc21)N1C2COCC1CC(O)(C1=Cc3ccccc3C1)C2. The van der Waals surface area contributed by atoms with Gasteiger partial charge in [-0.25, -0.2) is 4.79 Å².